The van der Waals surface area contributed by atoms with E-state index in [2.05, 4.69) is 44.3 Å². The van der Waals surface area contributed by atoms with Gasteiger partial charge in [-0.3, -0.25) is 0 Å². The number of hydrogen-bond acceptors (Lipinski definition) is 2. The highest BCUT2D eigenvalue weighted by atomic mass is 15.0. The van der Waals surface area contributed by atoms with Gasteiger partial charge in [-0.25, -0.2) is 4.98 Å². The van der Waals surface area contributed by atoms with Gasteiger partial charge in [0.15, 0.2) is 0 Å². The first-order valence-electron chi connectivity index (χ1n) is 7.64. The molecule has 1 aliphatic carbocycles. The van der Waals surface area contributed by atoms with Crippen molar-refractivity contribution >= 4 is 16.7 Å². The molecular weight excluding hydrogens is 244 g/mol. The largest absolute Gasteiger partial charge is 0.373 e. The molecule has 0 bridgehead atoms. The summed E-state index contributed by atoms with van der Waals surface area (Å²) in [6.45, 7) is 6.74. The average molecular weight is 268 g/mol. The third-order valence-corrected chi connectivity index (χ3v) is 4.36. The van der Waals surface area contributed by atoms with Gasteiger partial charge in [0.25, 0.3) is 0 Å². The van der Waals surface area contributed by atoms with E-state index in [4.69, 9.17) is 4.98 Å². The summed E-state index contributed by atoms with van der Waals surface area (Å²) in [4.78, 5) is 4.96. The minimum Gasteiger partial charge on any atom is -0.373 e. The number of aryl methyl sites for hydroxylation is 2. The van der Waals surface area contributed by atoms with Gasteiger partial charge in [0.1, 0.15) is 5.82 Å². The highest BCUT2D eigenvalue weighted by Crippen LogP contribution is 2.34. The number of nitrogens with one attached hydrogen (secondary N) is 1. The number of hydrogen-bond donors (Lipinski definition) is 1. The zero-order valence-electron chi connectivity index (χ0n) is 13.0. The van der Waals surface area contributed by atoms with Gasteiger partial charge in [-0.2, -0.15) is 0 Å². The lowest BCUT2D eigenvalue weighted by molar-refractivity contribution is 0.591. The van der Waals surface area contributed by atoms with Crippen molar-refractivity contribution in [3.05, 3.63) is 34.9 Å². The van der Waals surface area contributed by atoms with Crippen molar-refractivity contribution in [2.24, 2.45) is 0 Å². The molecule has 1 heterocycles. The Hall–Kier alpha value is -1.57. The molecule has 1 aliphatic rings. The minimum atomic E-state index is 0.107. The van der Waals surface area contributed by atoms with Crippen LogP contribution in [0.1, 0.15) is 50.3 Å². The van der Waals surface area contributed by atoms with Crippen LogP contribution >= 0.6 is 0 Å². The molecule has 1 aromatic heterocycles. The summed E-state index contributed by atoms with van der Waals surface area (Å²) in [5.74, 6) is 1.03. The second-order valence-electron chi connectivity index (χ2n) is 6.87. The van der Waals surface area contributed by atoms with Gasteiger partial charge in [0.2, 0.25) is 0 Å². The van der Waals surface area contributed by atoms with E-state index >= 15 is 0 Å². The Bertz CT molecular complexity index is 650. The molecule has 0 amide bonds. The summed E-state index contributed by atoms with van der Waals surface area (Å²) < 4.78 is 0. The van der Waals surface area contributed by atoms with E-state index < -0.39 is 0 Å². The van der Waals surface area contributed by atoms with E-state index in [1.54, 1.807) is 0 Å². The van der Waals surface area contributed by atoms with Gasteiger partial charge < -0.3 is 5.32 Å². The maximum atomic E-state index is 4.96. The van der Waals surface area contributed by atoms with Crippen LogP contribution in [-0.2, 0) is 18.3 Å². The maximum absolute atomic E-state index is 4.96. The zero-order chi connectivity index (χ0) is 14.3. The van der Waals surface area contributed by atoms with E-state index in [1.165, 1.54) is 53.3 Å². The lowest BCUT2D eigenvalue weighted by Crippen LogP contribution is -2.15. The van der Waals surface area contributed by atoms with Crippen LogP contribution in [0.2, 0.25) is 0 Å². The Balaban J connectivity index is 2.28. The van der Waals surface area contributed by atoms with Gasteiger partial charge >= 0.3 is 0 Å². The molecule has 0 saturated carbocycles. The number of rotatable bonds is 1. The fraction of sp³-hybridized carbons (Fsp3) is 0.500. The lowest BCUT2D eigenvalue weighted by Gasteiger charge is -2.24. The van der Waals surface area contributed by atoms with Crippen LogP contribution in [0.25, 0.3) is 10.9 Å². The Morgan fingerprint density at radius 2 is 1.85 bits per heavy atom. The molecule has 0 fully saturated rings. The van der Waals surface area contributed by atoms with Gasteiger partial charge in [-0.15, -0.1) is 0 Å². The SMILES string of the molecule is CNc1nc2c3c(ccc2cc1C(C)(C)C)CCCC3. The molecule has 106 valence electrons. The Kier molecular flexibility index (Phi) is 3.19. The van der Waals surface area contributed by atoms with Crippen molar-refractivity contribution in [3.8, 4) is 0 Å². The predicted molar refractivity (Wildman–Crippen MR) is 86.6 cm³/mol. The molecule has 0 saturated heterocycles. The second-order valence-corrected chi connectivity index (χ2v) is 6.87. The quantitative estimate of drug-likeness (QED) is 0.826. The molecule has 1 aromatic carbocycles. The Morgan fingerprint density at radius 1 is 1.10 bits per heavy atom. The summed E-state index contributed by atoms with van der Waals surface area (Å²) in [7, 11) is 1.97. The number of pyridine rings is 1. The third-order valence-electron chi connectivity index (χ3n) is 4.36. The fourth-order valence-electron chi connectivity index (χ4n) is 3.23. The lowest BCUT2D eigenvalue weighted by atomic mass is 9.85. The van der Waals surface area contributed by atoms with Crippen LogP contribution in [0.3, 0.4) is 0 Å². The van der Waals surface area contributed by atoms with Crippen LogP contribution in [-0.4, -0.2) is 12.0 Å². The number of aromatic nitrogens is 1. The molecule has 0 aliphatic heterocycles. The molecule has 0 atom stereocenters. The number of fused-ring (bicyclic) bond motifs is 3. The van der Waals surface area contributed by atoms with Crippen molar-refractivity contribution in [2.75, 3.05) is 12.4 Å². The third kappa shape index (κ3) is 2.17. The van der Waals surface area contributed by atoms with Gasteiger partial charge in [-0.05, 0) is 48.3 Å². The van der Waals surface area contributed by atoms with Crippen LogP contribution in [0.15, 0.2) is 18.2 Å². The van der Waals surface area contributed by atoms with E-state index in [0.717, 1.165) is 5.82 Å². The first kappa shape index (κ1) is 13.4. The first-order chi connectivity index (χ1) is 9.50. The topological polar surface area (TPSA) is 24.9 Å². The first-order valence-corrected chi connectivity index (χ1v) is 7.64. The fourth-order valence-corrected chi connectivity index (χ4v) is 3.23. The Labute approximate surface area is 121 Å². The molecule has 3 rings (SSSR count). The van der Waals surface area contributed by atoms with Crippen molar-refractivity contribution in [1.82, 2.24) is 4.98 Å². The summed E-state index contributed by atoms with van der Waals surface area (Å²) >= 11 is 0. The van der Waals surface area contributed by atoms with E-state index in [9.17, 15) is 0 Å². The second kappa shape index (κ2) is 4.76. The van der Waals surface area contributed by atoms with Crippen molar-refractivity contribution in [2.45, 2.75) is 51.9 Å². The van der Waals surface area contributed by atoms with Crippen molar-refractivity contribution in [1.29, 1.82) is 0 Å². The van der Waals surface area contributed by atoms with E-state index in [-0.39, 0.29) is 5.41 Å². The predicted octanol–water partition coefficient (Wildman–Crippen LogP) is 4.45. The monoisotopic (exact) mass is 268 g/mol. The van der Waals surface area contributed by atoms with Crippen LogP contribution < -0.4 is 5.32 Å². The van der Waals surface area contributed by atoms with Gasteiger partial charge in [0.05, 0.1) is 5.52 Å². The maximum Gasteiger partial charge on any atom is 0.130 e. The molecule has 0 unspecified atom stereocenters. The molecule has 1 N–H and O–H groups in total. The molecule has 2 aromatic rings. The summed E-state index contributed by atoms with van der Waals surface area (Å²) in [6.07, 6.45) is 5.00. The highest BCUT2D eigenvalue weighted by molar-refractivity contribution is 5.86. The smallest absolute Gasteiger partial charge is 0.130 e. The van der Waals surface area contributed by atoms with E-state index in [1.807, 2.05) is 7.05 Å². The van der Waals surface area contributed by atoms with Crippen LogP contribution in [0, 0.1) is 0 Å². The zero-order valence-corrected chi connectivity index (χ0v) is 13.0. The molecular formula is C18H24N2. The summed E-state index contributed by atoms with van der Waals surface area (Å²) in [5, 5.41) is 4.58. The average Bonchev–Trinajstić information content (AvgIpc) is 2.44. The minimum absolute atomic E-state index is 0.107. The Morgan fingerprint density at radius 3 is 2.55 bits per heavy atom. The summed E-state index contributed by atoms with van der Waals surface area (Å²) in [5.41, 5.74) is 5.59. The van der Waals surface area contributed by atoms with Crippen molar-refractivity contribution < 1.29 is 0 Å². The molecule has 2 nitrogen and oxygen atoms in total. The molecule has 0 spiro atoms. The van der Waals surface area contributed by atoms with Crippen molar-refractivity contribution in [3.63, 3.8) is 0 Å². The normalized spacial score (nSPS) is 15.2. The van der Waals surface area contributed by atoms with Crippen LogP contribution in [0.4, 0.5) is 5.82 Å². The van der Waals surface area contributed by atoms with Gasteiger partial charge in [0, 0.05) is 18.0 Å². The molecule has 2 heteroatoms. The van der Waals surface area contributed by atoms with Crippen LogP contribution in [0.5, 0.6) is 0 Å². The number of nitrogens with zero attached hydrogens (tertiary/aromatic N) is 1. The summed E-state index contributed by atoms with van der Waals surface area (Å²) in [6, 6.07) is 6.88. The van der Waals surface area contributed by atoms with E-state index in [0.29, 0.717) is 0 Å². The molecule has 0 radical (unpaired) electrons. The van der Waals surface area contributed by atoms with Gasteiger partial charge in [-0.1, -0.05) is 32.9 Å². The number of benzene rings is 1. The standard InChI is InChI=1S/C18H24N2/c1-18(2,3)15-11-13-10-9-12-7-5-6-8-14(12)16(13)20-17(15)19-4/h9-11H,5-8H2,1-4H3,(H,19,20). The molecule has 20 heavy (non-hydrogen) atoms. The highest BCUT2D eigenvalue weighted by Gasteiger charge is 2.21. The number of anilines is 1.